The minimum atomic E-state index is 0.716. The molecule has 4 aromatic heterocycles. The summed E-state index contributed by atoms with van der Waals surface area (Å²) in [4.78, 5) is 10.6. The van der Waals surface area contributed by atoms with E-state index in [-0.39, 0.29) is 0 Å². The summed E-state index contributed by atoms with van der Waals surface area (Å²) in [5, 5.41) is 13.4. The number of rotatable bonds is 2. The van der Waals surface area contributed by atoms with Gasteiger partial charge in [-0.25, -0.2) is 9.97 Å². The fourth-order valence-corrected chi connectivity index (χ4v) is 8.61. The first-order valence-electron chi connectivity index (χ1n) is 17.1. The van der Waals surface area contributed by atoms with Crippen LogP contribution < -0.4 is 0 Å². The number of aromatic nitrogens is 4. The molecule has 12 aromatic rings. The van der Waals surface area contributed by atoms with Gasteiger partial charge in [-0.05, 0) is 70.1 Å². The molecule has 0 saturated heterocycles. The van der Waals surface area contributed by atoms with Gasteiger partial charge in [0.1, 0.15) is 5.82 Å². The van der Waals surface area contributed by atoms with Crippen molar-refractivity contribution in [1.29, 1.82) is 0 Å². The number of para-hydroxylation sites is 3. The predicted molar refractivity (Wildman–Crippen MR) is 209 cm³/mol. The third-order valence-electron chi connectivity index (χ3n) is 10.8. The Morgan fingerprint density at radius 3 is 1.84 bits per heavy atom. The van der Waals surface area contributed by atoms with E-state index in [1.54, 1.807) is 0 Å². The Morgan fingerprint density at radius 1 is 0.380 bits per heavy atom. The molecule has 0 N–H and O–H groups in total. The molecule has 0 aliphatic rings. The van der Waals surface area contributed by atoms with Gasteiger partial charge in [0.15, 0.2) is 5.82 Å². The number of hydrogen-bond donors (Lipinski definition) is 0. The van der Waals surface area contributed by atoms with E-state index >= 15 is 0 Å². The molecular weight excluding hydrogens is 609 g/mol. The lowest BCUT2D eigenvalue weighted by atomic mass is 10.0. The SMILES string of the molecule is c1ccc2cc(-c3nc(-n4c5cc6ccccc6cc5c5c6c7ccccc7n7c8ccccc8c(cc54)c67)c4ccccc4n3)ccc2c1. The van der Waals surface area contributed by atoms with Gasteiger partial charge in [-0.15, -0.1) is 0 Å². The van der Waals surface area contributed by atoms with Gasteiger partial charge < -0.3 is 4.40 Å². The molecule has 50 heavy (non-hydrogen) atoms. The molecule has 4 nitrogen and oxygen atoms in total. The van der Waals surface area contributed by atoms with Crippen LogP contribution in [-0.4, -0.2) is 18.9 Å². The monoisotopic (exact) mass is 634 g/mol. The van der Waals surface area contributed by atoms with Crippen molar-refractivity contribution in [3.63, 3.8) is 0 Å². The largest absolute Gasteiger partial charge is 0.308 e. The molecule has 0 amide bonds. The molecule has 0 bridgehead atoms. The average molecular weight is 635 g/mol. The first-order chi connectivity index (χ1) is 24.8. The molecule has 0 aliphatic heterocycles. The normalized spacial score (nSPS) is 12.4. The molecule has 0 saturated carbocycles. The lowest BCUT2D eigenvalue weighted by Gasteiger charge is -2.13. The van der Waals surface area contributed by atoms with Crippen molar-refractivity contribution in [2.45, 2.75) is 0 Å². The summed E-state index contributed by atoms with van der Waals surface area (Å²) < 4.78 is 4.88. The van der Waals surface area contributed by atoms with Gasteiger partial charge in [0.25, 0.3) is 0 Å². The Kier molecular flexibility index (Phi) is 4.94. The Morgan fingerprint density at radius 2 is 1.02 bits per heavy atom. The average Bonchev–Trinajstić information content (AvgIpc) is 3.80. The highest BCUT2D eigenvalue weighted by atomic mass is 15.1. The van der Waals surface area contributed by atoms with Gasteiger partial charge in [-0.1, -0.05) is 109 Å². The van der Waals surface area contributed by atoms with Crippen molar-refractivity contribution in [3.8, 4) is 17.2 Å². The van der Waals surface area contributed by atoms with Crippen LogP contribution in [-0.2, 0) is 0 Å². The fraction of sp³-hybridized carbons (Fsp3) is 0. The van der Waals surface area contributed by atoms with E-state index in [1.165, 1.54) is 70.4 Å². The van der Waals surface area contributed by atoms with E-state index in [9.17, 15) is 0 Å². The van der Waals surface area contributed by atoms with Crippen molar-refractivity contribution in [2.75, 3.05) is 0 Å². The van der Waals surface area contributed by atoms with E-state index in [0.29, 0.717) is 5.82 Å². The quantitative estimate of drug-likeness (QED) is 0.190. The standard InChI is InChI=1S/C46H26N4/c1-2-12-28-23-31(22-21-27(28)11-1)45-47-37-18-8-5-16-33(37)46(48-45)50-40-25-30-14-4-3-13-29(30)24-36(40)42-41(50)26-35-32-15-6-9-19-38(32)49-39-20-10-7-17-34(39)43(42)44(35)49/h1-26H. The molecule has 4 heterocycles. The molecule has 0 radical (unpaired) electrons. The van der Waals surface area contributed by atoms with Crippen LogP contribution in [0, 0.1) is 0 Å². The summed E-state index contributed by atoms with van der Waals surface area (Å²) >= 11 is 0. The maximum atomic E-state index is 5.49. The lowest BCUT2D eigenvalue weighted by molar-refractivity contribution is 1.08. The molecule has 0 atom stereocenters. The Bertz CT molecular complexity index is 3380. The zero-order chi connectivity index (χ0) is 32.5. The van der Waals surface area contributed by atoms with E-state index in [0.717, 1.165) is 33.3 Å². The molecule has 0 aliphatic carbocycles. The van der Waals surface area contributed by atoms with E-state index in [4.69, 9.17) is 9.97 Å². The van der Waals surface area contributed by atoms with Crippen molar-refractivity contribution in [2.24, 2.45) is 0 Å². The summed E-state index contributed by atoms with van der Waals surface area (Å²) in [6.45, 7) is 0. The fourth-order valence-electron chi connectivity index (χ4n) is 8.61. The first kappa shape index (κ1) is 26.2. The molecule has 0 unspecified atom stereocenters. The smallest absolute Gasteiger partial charge is 0.162 e. The molecule has 4 heteroatoms. The second-order valence-corrected chi connectivity index (χ2v) is 13.4. The minimum absolute atomic E-state index is 0.716. The number of nitrogens with zero attached hydrogens (tertiary/aromatic N) is 4. The maximum absolute atomic E-state index is 5.49. The maximum Gasteiger partial charge on any atom is 0.162 e. The van der Waals surface area contributed by atoms with Crippen LogP contribution in [0.2, 0.25) is 0 Å². The summed E-state index contributed by atoms with van der Waals surface area (Å²) in [5.41, 5.74) is 7.94. The van der Waals surface area contributed by atoms with Crippen LogP contribution in [0.25, 0.3) is 110 Å². The van der Waals surface area contributed by atoms with Crippen molar-refractivity contribution in [3.05, 3.63) is 158 Å². The van der Waals surface area contributed by atoms with Crippen LogP contribution in [0.3, 0.4) is 0 Å². The first-order valence-corrected chi connectivity index (χ1v) is 17.1. The highest BCUT2D eigenvalue weighted by Crippen LogP contribution is 2.47. The van der Waals surface area contributed by atoms with Crippen molar-refractivity contribution >= 4 is 92.3 Å². The summed E-state index contributed by atoms with van der Waals surface area (Å²) in [7, 11) is 0. The van der Waals surface area contributed by atoms with Crippen LogP contribution >= 0.6 is 0 Å². The third kappa shape index (κ3) is 3.34. The number of fused-ring (bicyclic) bond motifs is 13. The zero-order valence-electron chi connectivity index (χ0n) is 26.8. The molecule has 0 fully saturated rings. The van der Waals surface area contributed by atoms with Gasteiger partial charge in [0.05, 0.1) is 33.1 Å². The number of hydrogen-bond acceptors (Lipinski definition) is 2. The molecule has 12 rings (SSSR count). The second-order valence-electron chi connectivity index (χ2n) is 13.4. The van der Waals surface area contributed by atoms with Gasteiger partial charge in [0.2, 0.25) is 0 Å². The Balaban J connectivity index is 1.31. The highest BCUT2D eigenvalue weighted by molar-refractivity contribution is 6.36. The van der Waals surface area contributed by atoms with Crippen LogP contribution in [0.4, 0.5) is 0 Å². The van der Waals surface area contributed by atoms with E-state index < -0.39 is 0 Å². The Hall–Kier alpha value is -6.78. The van der Waals surface area contributed by atoms with Crippen LogP contribution in [0.1, 0.15) is 0 Å². The third-order valence-corrected chi connectivity index (χ3v) is 10.8. The van der Waals surface area contributed by atoms with Gasteiger partial charge in [-0.3, -0.25) is 4.57 Å². The highest BCUT2D eigenvalue weighted by Gasteiger charge is 2.25. The van der Waals surface area contributed by atoms with Crippen molar-refractivity contribution in [1.82, 2.24) is 18.9 Å². The lowest BCUT2D eigenvalue weighted by Crippen LogP contribution is -2.02. The minimum Gasteiger partial charge on any atom is -0.308 e. The summed E-state index contributed by atoms with van der Waals surface area (Å²) in [6.07, 6.45) is 0. The van der Waals surface area contributed by atoms with Gasteiger partial charge in [-0.2, -0.15) is 0 Å². The van der Waals surface area contributed by atoms with Crippen molar-refractivity contribution < 1.29 is 0 Å². The zero-order valence-corrected chi connectivity index (χ0v) is 26.8. The number of benzene rings is 8. The summed E-state index contributed by atoms with van der Waals surface area (Å²) in [6, 6.07) is 56.9. The van der Waals surface area contributed by atoms with Crippen LogP contribution in [0.5, 0.6) is 0 Å². The van der Waals surface area contributed by atoms with E-state index in [2.05, 4.69) is 167 Å². The summed E-state index contributed by atoms with van der Waals surface area (Å²) in [5.74, 6) is 1.60. The van der Waals surface area contributed by atoms with Gasteiger partial charge in [0, 0.05) is 43.3 Å². The van der Waals surface area contributed by atoms with Gasteiger partial charge >= 0.3 is 0 Å². The predicted octanol–water partition coefficient (Wildman–Crippen LogP) is 11.9. The Labute approximate surface area is 285 Å². The second kappa shape index (κ2) is 9.43. The van der Waals surface area contributed by atoms with E-state index in [1.807, 2.05) is 0 Å². The van der Waals surface area contributed by atoms with Crippen LogP contribution in [0.15, 0.2) is 158 Å². The topological polar surface area (TPSA) is 35.1 Å². The molecule has 0 spiro atoms. The molecule has 8 aromatic carbocycles. The molecular formula is C46H26N4. The molecule has 230 valence electrons.